The van der Waals surface area contributed by atoms with Crippen molar-refractivity contribution in [1.29, 1.82) is 0 Å². The molecule has 9 heteroatoms. The Bertz CT molecular complexity index is 1180. The number of amides is 1. The van der Waals surface area contributed by atoms with Gasteiger partial charge in [-0.2, -0.15) is 0 Å². The first-order chi connectivity index (χ1) is 14.3. The van der Waals surface area contributed by atoms with Crippen molar-refractivity contribution in [2.45, 2.75) is 36.7 Å². The Kier molecular flexibility index (Phi) is 5.68. The monoisotopic (exact) mass is 445 g/mol. The zero-order valence-electron chi connectivity index (χ0n) is 16.1. The van der Waals surface area contributed by atoms with Gasteiger partial charge in [0.15, 0.2) is 0 Å². The molecule has 1 aliphatic carbocycles. The van der Waals surface area contributed by atoms with Crippen molar-refractivity contribution in [3.05, 3.63) is 70.3 Å². The number of sulfonamides is 1. The Morgan fingerprint density at radius 3 is 2.63 bits per heavy atom. The predicted octanol–water partition coefficient (Wildman–Crippen LogP) is 3.88. The largest absolute Gasteiger partial charge is 0.343 e. The SMILES string of the molecule is CC(NC(=O)c1ccc(F)c(S(=O)(=O)NC2CC2)c1)c1nc(-c2ccccc2)cs1. The van der Waals surface area contributed by atoms with Gasteiger partial charge in [-0.15, -0.1) is 11.3 Å². The number of hydrogen-bond donors (Lipinski definition) is 2. The van der Waals surface area contributed by atoms with Gasteiger partial charge in [-0.05, 0) is 38.0 Å². The van der Waals surface area contributed by atoms with E-state index in [9.17, 15) is 17.6 Å². The van der Waals surface area contributed by atoms with Gasteiger partial charge in [0.1, 0.15) is 15.7 Å². The highest BCUT2D eigenvalue weighted by Gasteiger charge is 2.30. The maximum Gasteiger partial charge on any atom is 0.251 e. The second kappa shape index (κ2) is 8.25. The van der Waals surface area contributed by atoms with Gasteiger partial charge in [0, 0.05) is 22.5 Å². The van der Waals surface area contributed by atoms with Crippen molar-refractivity contribution in [2.24, 2.45) is 0 Å². The van der Waals surface area contributed by atoms with Gasteiger partial charge in [-0.3, -0.25) is 4.79 Å². The number of carbonyl (C=O) groups excluding carboxylic acids is 1. The number of halogens is 1. The minimum Gasteiger partial charge on any atom is -0.343 e. The van der Waals surface area contributed by atoms with Crippen molar-refractivity contribution in [1.82, 2.24) is 15.0 Å². The molecule has 2 N–H and O–H groups in total. The highest BCUT2D eigenvalue weighted by molar-refractivity contribution is 7.89. The third kappa shape index (κ3) is 4.58. The van der Waals surface area contributed by atoms with Crippen LogP contribution < -0.4 is 10.0 Å². The third-order valence-electron chi connectivity index (χ3n) is 4.69. The molecular weight excluding hydrogens is 425 g/mol. The van der Waals surface area contributed by atoms with Crippen LogP contribution in [-0.2, 0) is 10.0 Å². The molecule has 156 valence electrons. The lowest BCUT2D eigenvalue weighted by Gasteiger charge is -2.13. The van der Waals surface area contributed by atoms with Crippen LogP contribution in [0.4, 0.5) is 4.39 Å². The van der Waals surface area contributed by atoms with E-state index in [1.165, 1.54) is 17.4 Å². The van der Waals surface area contributed by atoms with E-state index < -0.39 is 32.7 Å². The van der Waals surface area contributed by atoms with Gasteiger partial charge < -0.3 is 5.32 Å². The van der Waals surface area contributed by atoms with Crippen LogP contribution in [0.2, 0.25) is 0 Å². The molecule has 4 rings (SSSR count). The minimum absolute atomic E-state index is 0.0688. The predicted molar refractivity (Wildman–Crippen MR) is 113 cm³/mol. The van der Waals surface area contributed by atoms with E-state index in [1.54, 1.807) is 6.92 Å². The summed E-state index contributed by atoms with van der Waals surface area (Å²) in [5.74, 6) is -1.39. The molecule has 1 aliphatic rings. The quantitative estimate of drug-likeness (QED) is 0.578. The summed E-state index contributed by atoms with van der Waals surface area (Å²) in [6.07, 6.45) is 1.47. The molecule has 0 radical (unpaired) electrons. The highest BCUT2D eigenvalue weighted by Crippen LogP contribution is 2.26. The van der Waals surface area contributed by atoms with Crippen LogP contribution in [0.25, 0.3) is 11.3 Å². The molecule has 1 atom stereocenters. The molecule has 1 fully saturated rings. The van der Waals surface area contributed by atoms with E-state index in [0.717, 1.165) is 36.2 Å². The van der Waals surface area contributed by atoms with E-state index in [4.69, 9.17) is 0 Å². The molecule has 1 heterocycles. The van der Waals surface area contributed by atoms with Crippen molar-refractivity contribution < 1.29 is 17.6 Å². The van der Waals surface area contributed by atoms with Gasteiger partial charge in [-0.25, -0.2) is 22.5 Å². The van der Waals surface area contributed by atoms with Crippen LogP contribution in [0.3, 0.4) is 0 Å². The zero-order chi connectivity index (χ0) is 21.3. The number of hydrogen-bond acceptors (Lipinski definition) is 5. The summed E-state index contributed by atoms with van der Waals surface area (Å²) >= 11 is 1.42. The van der Waals surface area contributed by atoms with Crippen LogP contribution in [0, 0.1) is 5.82 Å². The Hall–Kier alpha value is -2.62. The molecule has 6 nitrogen and oxygen atoms in total. The summed E-state index contributed by atoms with van der Waals surface area (Å²) in [7, 11) is -4.01. The minimum atomic E-state index is -4.01. The van der Waals surface area contributed by atoms with E-state index in [-0.39, 0.29) is 11.6 Å². The first-order valence-electron chi connectivity index (χ1n) is 9.47. The topological polar surface area (TPSA) is 88.2 Å². The molecule has 3 aromatic rings. The fourth-order valence-corrected chi connectivity index (χ4v) is 5.15. The van der Waals surface area contributed by atoms with Crippen molar-refractivity contribution in [3.8, 4) is 11.3 Å². The lowest BCUT2D eigenvalue weighted by Crippen LogP contribution is -2.29. The van der Waals surface area contributed by atoms with Crippen LogP contribution in [-0.4, -0.2) is 25.4 Å². The first-order valence-corrected chi connectivity index (χ1v) is 11.8. The fourth-order valence-electron chi connectivity index (χ4n) is 2.90. The van der Waals surface area contributed by atoms with E-state index >= 15 is 0 Å². The maximum atomic E-state index is 14.1. The number of nitrogens with one attached hydrogen (secondary N) is 2. The molecule has 0 saturated heterocycles. The van der Waals surface area contributed by atoms with Gasteiger partial charge in [0.25, 0.3) is 5.91 Å². The molecule has 1 aromatic heterocycles. The van der Waals surface area contributed by atoms with Crippen molar-refractivity contribution >= 4 is 27.3 Å². The van der Waals surface area contributed by atoms with Crippen molar-refractivity contribution in [3.63, 3.8) is 0 Å². The molecule has 0 aliphatic heterocycles. The number of aromatic nitrogens is 1. The summed E-state index contributed by atoms with van der Waals surface area (Å²) in [4.78, 5) is 16.7. The number of rotatable bonds is 7. The third-order valence-corrected chi connectivity index (χ3v) is 7.25. The Morgan fingerprint density at radius 2 is 1.93 bits per heavy atom. The Balaban J connectivity index is 1.50. The smallest absolute Gasteiger partial charge is 0.251 e. The molecule has 2 aromatic carbocycles. The molecule has 30 heavy (non-hydrogen) atoms. The normalized spacial score (nSPS) is 15.0. The van der Waals surface area contributed by atoms with Gasteiger partial charge >= 0.3 is 0 Å². The number of nitrogens with zero attached hydrogens (tertiary/aromatic N) is 1. The lowest BCUT2D eigenvalue weighted by atomic mass is 10.2. The second-order valence-corrected chi connectivity index (χ2v) is 9.75. The summed E-state index contributed by atoms with van der Waals surface area (Å²) in [6.45, 7) is 1.79. The van der Waals surface area contributed by atoms with Crippen molar-refractivity contribution in [2.75, 3.05) is 0 Å². The summed E-state index contributed by atoms with van der Waals surface area (Å²) < 4.78 is 41.3. The van der Waals surface area contributed by atoms with E-state index in [0.29, 0.717) is 5.01 Å². The molecule has 0 bridgehead atoms. The first kappa shape index (κ1) is 20.6. The molecule has 1 saturated carbocycles. The van der Waals surface area contributed by atoms with Crippen LogP contribution in [0.5, 0.6) is 0 Å². The van der Waals surface area contributed by atoms with Crippen LogP contribution >= 0.6 is 11.3 Å². The number of benzene rings is 2. The van der Waals surface area contributed by atoms with Gasteiger partial charge in [0.2, 0.25) is 10.0 Å². The molecular formula is C21H20FN3O3S2. The lowest BCUT2D eigenvalue weighted by molar-refractivity contribution is 0.0939. The summed E-state index contributed by atoms with van der Waals surface area (Å²) in [5, 5.41) is 5.43. The molecule has 0 spiro atoms. The number of carbonyl (C=O) groups is 1. The average Bonchev–Trinajstić information content (AvgIpc) is 3.38. The van der Waals surface area contributed by atoms with Crippen LogP contribution in [0.1, 0.15) is 41.2 Å². The van der Waals surface area contributed by atoms with E-state index in [2.05, 4.69) is 15.0 Å². The molecule has 1 unspecified atom stereocenters. The van der Waals surface area contributed by atoms with Gasteiger partial charge in [0.05, 0.1) is 11.7 Å². The Labute approximate surface area is 178 Å². The maximum absolute atomic E-state index is 14.1. The Morgan fingerprint density at radius 1 is 1.20 bits per heavy atom. The van der Waals surface area contributed by atoms with E-state index in [1.807, 2.05) is 35.7 Å². The highest BCUT2D eigenvalue weighted by atomic mass is 32.2. The second-order valence-electron chi connectivity index (χ2n) is 7.17. The molecule has 1 amide bonds. The zero-order valence-corrected chi connectivity index (χ0v) is 17.8. The average molecular weight is 446 g/mol. The summed E-state index contributed by atoms with van der Waals surface area (Å²) in [5.41, 5.74) is 1.87. The fraction of sp³-hybridized carbons (Fsp3) is 0.238. The van der Waals surface area contributed by atoms with Crippen LogP contribution in [0.15, 0.2) is 58.8 Å². The summed E-state index contributed by atoms with van der Waals surface area (Å²) in [6, 6.07) is 12.5. The van der Waals surface area contributed by atoms with Gasteiger partial charge in [-0.1, -0.05) is 30.3 Å². The number of thiazole rings is 1. The standard InChI is InChI=1S/C21H20FN3O3S2/c1-13(21-24-18(12-29-21)14-5-3-2-4-6-14)23-20(26)15-7-10-17(22)19(11-15)30(27,28)25-16-8-9-16/h2-7,10-13,16,25H,8-9H2,1H3,(H,23,26).